The normalized spacial score (nSPS) is 13.1. The summed E-state index contributed by atoms with van der Waals surface area (Å²) in [6.07, 6.45) is 6.64. The lowest BCUT2D eigenvalue weighted by atomic mass is 9.93. The lowest BCUT2D eigenvalue weighted by molar-refractivity contribution is 0.449. The van der Waals surface area contributed by atoms with Crippen molar-refractivity contribution >= 4 is 27.3 Å². The molecule has 1 aromatic rings. The van der Waals surface area contributed by atoms with Crippen LogP contribution in [-0.4, -0.2) is 0 Å². The average molecular weight is 275 g/mol. The second-order valence-corrected chi connectivity index (χ2v) is 6.07. The quantitative estimate of drug-likeness (QED) is 0.663. The van der Waals surface area contributed by atoms with Gasteiger partial charge in [-0.05, 0) is 45.3 Å². The van der Waals surface area contributed by atoms with E-state index in [0.717, 1.165) is 5.92 Å². The van der Waals surface area contributed by atoms with Crippen LogP contribution in [0.15, 0.2) is 15.2 Å². The van der Waals surface area contributed by atoms with Gasteiger partial charge < -0.3 is 0 Å². The molecule has 0 nitrogen and oxygen atoms in total. The van der Waals surface area contributed by atoms with Crippen molar-refractivity contribution in [2.75, 3.05) is 0 Å². The Balaban J connectivity index is 2.44. The van der Waals surface area contributed by atoms with Gasteiger partial charge in [-0.3, -0.25) is 0 Å². The molecule has 80 valence electrons. The van der Waals surface area contributed by atoms with Crippen molar-refractivity contribution in [1.82, 2.24) is 0 Å². The highest BCUT2D eigenvalue weighted by molar-refractivity contribution is 9.11. The van der Waals surface area contributed by atoms with Gasteiger partial charge in [0, 0.05) is 0 Å². The van der Waals surface area contributed by atoms with E-state index in [4.69, 9.17) is 0 Å². The van der Waals surface area contributed by atoms with Crippen molar-refractivity contribution in [2.45, 2.75) is 46.0 Å². The predicted molar refractivity (Wildman–Crippen MR) is 69.0 cm³/mol. The minimum absolute atomic E-state index is 0.876. The minimum Gasteiger partial charge on any atom is -0.137 e. The smallest absolute Gasteiger partial charge is 0.0730 e. The number of hydrogen-bond donors (Lipinski definition) is 0. The lowest BCUT2D eigenvalue weighted by Crippen LogP contribution is -2.02. The SMILES string of the molecule is CCCC[C@@H](CC)Cc1ccsc1Br. The second-order valence-electron chi connectivity index (χ2n) is 3.84. The van der Waals surface area contributed by atoms with Gasteiger partial charge >= 0.3 is 0 Å². The molecule has 2 heteroatoms. The molecule has 0 fully saturated rings. The summed E-state index contributed by atoms with van der Waals surface area (Å²) in [6, 6.07) is 2.25. The molecule has 1 rings (SSSR count). The Morgan fingerprint density at radius 3 is 2.71 bits per heavy atom. The average Bonchev–Trinajstić information content (AvgIpc) is 2.59. The number of thiophene rings is 1. The monoisotopic (exact) mass is 274 g/mol. The molecule has 0 aliphatic rings. The van der Waals surface area contributed by atoms with Gasteiger partial charge in [-0.25, -0.2) is 0 Å². The minimum atomic E-state index is 0.876. The maximum absolute atomic E-state index is 3.61. The Morgan fingerprint density at radius 2 is 2.21 bits per heavy atom. The first-order chi connectivity index (χ1) is 6.77. The van der Waals surface area contributed by atoms with E-state index < -0.39 is 0 Å². The molecule has 0 bridgehead atoms. The summed E-state index contributed by atoms with van der Waals surface area (Å²) in [4.78, 5) is 0. The topological polar surface area (TPSA) is 0 Å². The van der Waals surface area contributed by atoms with Gasteiger partial charge in [-0.1, -0.05) is 39.5 Å². The fourth-order valence-electron chi connectivity index (χ4n) is 1.72. The maximum atomic E-state index is 3.61. The molecule has 1 heterocycles. The van der Waals surface area contributed by atoms with Gasteiger partial charge in [0.05, 0.1) is 3.79 Å². The molecule has 0 saturated carbocycles. The second kappa shape index (κ2) is 6.62. The maximum Gasteiger partial charge on any atom is 0.0730 e. The van der Waals surface area contributed by atoms with Crippen molar-refractivity contribution in [2.24, 2.45) is 5.92 Å². The van der Waals surface area contributed by atoms with Gasteiger partial charge in [-0.2, -0.15) is 0 Å². The number of halogens is 1. The first kappa shape index (κ1) is 12.3. The zero-order chi connectivity index (χ0) is 10.4. The van der Waals surface area contributed by atoms with Crippen LogP contribution in [0.3, 0.4) is 0 Å². The van der Waals surface area contributed by atoms with Gasteiger partial charge in [-0.15, -0.1) is 11.3 Å². The van der Waals surface area contributed by atoms with E-state index in [-0.39, 0.29) is 0 Å². The Labute approximate surface area is 99.9 Å². The molecule has 1 atom stereocenters. The Morgan fingerprint density at radius 1 is 1.43 bits per heavy atom. The first-order valence-electron chi connectivity index (χ1n) is 5.49. The van der Waals surface area contributed by atoms with Crippen LogP contribution in [0, 0.1) is 5.92 Å². The van der Waals surface area contributed by atoms with E-state index in [0.29, 0.717) is 0 Å². The Bertz CT molecular complexity index is 255. The molecule has 0 amide bonds. The summed E-state index contributed by atoms with van der Waals surface area (Å²) in [5.41, 5.74) is 1.50. The largest absolute Gasteiger partial charge is 0.137 e. The lowest BCUT2D eigenvalue weighted by Gasteiger charge is -2.13. The van der Waals surface area contributed by atoms with Crippen molar-refractivity contribution in [1.29, 1.82) is 0 Å². The Hall–Kier alpha value is 0.180. The molecule has 1 aromatic heterocycles. The van der Waals surface area contributed by atoms with Gasteiger partial charge in [0.1, 0.15) is 0 Å². The van der Waals surface area contributed by atoms with Crippen LogP contribution in [0.4, 0.5) is 0 Å². The molecular formula is C12H19BrS. The molecule has 0 spiro atoms. The highest BCUT2D eigenvalue weighted by Gasteiger charge is 2.09. The van der Waals surface area contributed by atoms with Crippen LogP contribution in [0.1, 0.15) is 45.1 Å². The van der Waals surface area contributed by atoms with Crippen LogP contribution in [0.25, 0.3) is 0 Å². The molecule has 0 aromatic carbocycles. The van der Waals surface area contributed by atoms with Crippen molar-refractivity contribution in [3.8, 4) is 0 Å². The molecule has 0 aliphatic heterocycles. The number of rotatable bonds is 6. The predicted octanol–water partition coefficient (Wildman–Crippen LogP) is 5.27. The summed E-state index contributed by atoms with van der Waals surface area (Å²) >= 11 is 5.41. The fourth-order valence-corrected chi connectivity index (χ4v) is 2.99. The highest BCUT2D eigenvalue weighted by Crippen LogP contribution is 2.28. The summed E-state index contributed by atoms with van der Waals surface area (Å²) in [5.74, 6) is 0.876. The third-order valence-corrected chi connectivity index (χ3v) is 4.56. The van der Waals surface area contributed by atoms with Crippen molar-refractivity contribution in [3.63, 3.8) is 0 Å². The van der Waals surface area contributed by atoms with Crippen LogP contribution in [0.5, 0.6) is 0 Å². The zero-order valence-corrected chi connectivity index (χ0v) is 11.5. The molecule has 0 radical (unpaired) electrons. The van der Waals surface area contributed by atoms with E-state index >= 15 is 0 Å². The van der Waals surface area contributed by atoms with Gasteiger partial charge in [0.2, 0.25) is 0 Å². The molecule has 0 aliphatic carbocycles. The zero-order valence-electron chi connectivity index (χ0n) is 9.05. The summed E-state index contributed by atoms with van der Waals surface area (Å²) < 4.78 is 1.33. The highest BCUT2D eigenvalue weighted by atomic mass is 79.9. The Kier molecular flexibility index (Phi) is 5.80. The summed E-state index contributed by atoms with van der Waals surface area (Å²) in [7, 11) is 0. The summed E-state index contributed by atoms with van der Waals surface area (Å²) in [5, 5.41) is 2.17. The number of hydrogen-bond acceptors (Lipinski definition) is 1. The van der Waals surface area contributed by atoms with Crippen molar-refractivity contribution in [3.05, 3.63) is 20.8 Å². The van der Waals surface area contributed by atoms with E-state index in [1.807, 2.05) is 0 Å². The van der Waals surface area contributed by atoms with E-state index in [9.17, 15) is 0 Å². The third kappa shape index (κ3) is 3.74. The van der Waals surface area contributed by atoms with Gasteiger partial charge in [0.25, 0.3) is 0 Å². The van der Waals surface area contributed by atoms with Crippen LogP contribution in [0.2, 0.25) is 0 Å². The standard InChI is InChI=1S/C12H19BrS/c1-3-5-6-10(4-2)9-11-7-8-14-12(11)13/h7-8,10H,3-6,9H2,1-2H3/t10-/m1/s1. The molecule has 0 unspecified atom stereocenters. The van der Waals surface area contributed by atoms with Crippen LogP contribution >= 0.6 is 27.3 Å². The fraction of sp³-hybridized carbons (Fsp3) is 0.667. The summed E-state index contributed by atoms with van der Waals surface area (Å²) in [6.45, 7) is 4.58. The van der Waals surface area contributed by atoms with E-state index in [2.05, 4.69) is 41.2 Å². The van der Waals surface area contributed by atoms with E-state index in [1.165, 1.54) is 41.5 Å². The molecule has 0 N–H and O–H groups in total. The van der Waals surface area contributed by atoms with E-state index in [1.54, 1.807) is 11.3 Å². The van der Waals surface area contributed by atoms with Gasteiger partial charge in [0.15, 0.2) is 0 Å². The molecule has 0 saturated heterocycles. The van der Waals surface area contributed by atoms with Crippen molar-refractivity contribution < 1.29 is 0 Å². The van der Waals surface area contributed by atoms with Crippen LogP contribution < -0.4 is 0 Å². The molecule has 14 heavy (non-hydrogen) atoms. The first-order valence-corrected chi connectivity index (χ1v) is 7.17. The van der Waals surface area contributed by atoms with Crippen LogP contribution in [-0.2, 0) is 6.42 Å². The molecular weight excluding hydrogens is 256 g/mol. The number of unbranched alkanes of at least 4 members (excludes halogenated alkanes) is 1. The third-order valence-electron chi connectivity index (χ3n) is 2.75.